The zero-order valence-corrected chi connectivity index (χ0v) is 28.3. The van der Waals surface area contributed by atoms with Crippen LogP contribution in [0.3, 0.4) is 0 Å². The molecule has 2 aliphatic carbocycles. The molecule has 13 heteroatoms. The van der Waals surface area contributed by atoms with Gasteiger partial charge in [-0.2, -0.15) is 0 Å². The highest BCUT2D eigenvalue weighted by Gasteiger charge is 2.31. The maximum Gasteiger partial charge on any atom is 0.323 e. The van der Waals surface area contributed by atoms with Crippen LogP contribution in [0.4, 0.5) is 21.9 Å². The first-order valence-corrected chi connectivity index (χ1v) is 17.7. The summed E-state index contributed by atoms with van der Waals surface area (Å²) < 4.78 is 39.1. The minimum atomic E-state index is -3.61. The van der Waals surface area contributed by atoms with Crippen molar-refractivity contribution < 1.29 is 32.6 Å². The quantitative estimate of drug-likeness (QED) is 0.264. The van der Waals surface area contributed by atoms with Crippen molar-refractivity contribution in [3.05, 3.63) is 41.0 Å². The van der Waals surface area contributed by atoms with Crippen molar-refractivity contribution in [2.24, 2.45) is 5.92 Å². The van der Waals surface area contributed by atoms with E-state index in [0.29, 0.717) is 61.1 Å². The van der Waals surface area contributed by atoms with Crippen molar-refractivity contribution in [3.63, 3.8) is 0 Å². The van der Waals surface area contributed by atoms with Gasteiger partial charge in [-0.25, -0.2) is 13.2 Å². The van der Waals surface area contributed by atoms with Crippen molar-refractivity contribution in [1.82, 2.24) is 9.80 Å². The molecule has 1 saturated carbocycles. The second-order valence-corrected chi connectivity index (χ2v) is 15.4. The lowest BCUT2D eigenvalue weighted by Gasteiger charge is -2.34. The second-order valence-electron chi connectivity index (χ2n) is 13.4. The summed E-state index contributed by atoms with van der Waals surface area (Å²) in [4.78, 5) is 30.0. The number of aliphatic hydroxyl groups excluding tert-OH is 1. The van der Waals surface area contributed by atoms with Gasteiger partial charge in [0.25, 0.3) is 0 Å². The van der Waals surface area contributed by atoms with Gasteiger partial charge in [0.1, 0.15) is 12.4 Å². The molecule has 1 heterocycles. The first-order chi connectivity index (χ1) is 21.8. The van der Waals surface area contributed by atoms with Gasteiger partial charge in [0.2, 0.25) is 15.9 Å². The number of nitrogens with zero attached hydrogens (tertiary/aromatic N) is 2. The summed E-state index contributed by atoms with van der Waals surface area (Å²) in [5, 5.41) is 16.6. The number of carbonyl (C=O) groups is 2. The van der Waals surface area contributed by atoms with Gasteiger partial charge >= 0.3 is 6.03 Å². The molecule has 252 valence electrons. The number of nitrogens with one attached hydrogen (secondary N) is 3. The van der Waals surface area contributed by atoms with Crippen molar-refractivity contribution in [3.8, 4) is 11.5 Å². The van der Waals surface area contributed by atoms with Crippen LogP contribution in [-0.4, -0.2) is 87.5 Å². The fourth-order valence-electron chi connectivity index (χ4n) is 5.95. The molecule has 0 radical (unpaired) electrons. The summed E-state index contributed by atoms with van der Waals surface area (Å²) in [5.74, 6) is 1.49. The summed E-state index contributed by atoms with van der Waals surface area (Å²) in [6.45, 7) is 11.3. The van der Waals surface area contributed by atoms with Crippen molar-refractivity contribution in [1.29, 1.82) is 0 Å². The van der Waals surface area contributed by atoms with Crippen molar-refractivity contribution >= 4 is 39.0 Å². The van der Waals surface area contributed by atoms with Crippen LogP contribution in [0.15, 0.2) is 24.3 Å². The summed E-state index contributed by atoms with van der Waals surface area (Å²) in [7, 11) is -2.20. The summed E-state index contributed by atoms with van der Waals surface area (Å²) >= 11 is 0. The molecular formula is C33H47N5O7S. The van der Waals surface area contributed by atoms with Crippen LogP contribution in [-0.2, 0) is 26.7 Å². The Hall–Kier alpha value is -3.55. The molecule has 4 N–H and O–H groups in total. The first-order valence-electron chi connectivity index (χ1n) is 16.1. The van der Waals surface area contributed by atoms with Crippen LogP contribution >= 0.6 is 0 Å². The van der Waals surface area contributed by atoms with E-state index in [0.717, 1.165) is 30.8 Å². The molecular weight excluding hydrogens is 610 g/mol. The molecule has 46 heavy (non-hydrogen) atoms. The molecule has 1 unspecified atom stereocenters. The number of amides is 3. The monoisotopic (exact) mass is 657 g/mol. The SMILES string of the molecule is CCS(=O)(=O)Nc1cc(C(C)(C)C)cc(NC(=O)Nc2ccc(OCCN3CCN(CC4CC4)C(=O)C3)c3c2CCC3O)c1OC. The van der Waals surface area contributed by atoms with Crippen LogP contribution in [0, 0.1) is 5.92 Å². The number of carbonyl (C=O) groups excluding carboxylic acids is 2. The van der Waals surface area contributed by atoms with Crippen LogP contribution < -0.4 is 24.8 Å². The van der Waals surface area contributed by atoms with Gasteiger partial charge in [-0.1, -0.05) is 20.8 Å². The number of rotatable bonds is 12. The summed E-state index contributed by atoms with van der Waals surface area (Å²) in [6.07, 6.45) is 2.80. The minimum absolute atomic E-state index is 0.118. The van der Waals surface area contributed by atoms with E-state index < -0.39 is 22.2 Å². The maximum atomic E-state index is 13.3. The Bertz CT molecular complexity index is 1570. The Morgan fingerprint density at radius 3 is 2.43 bits per heavy atom. The predicted molar refractivity (Wildman–Crippen MR) is 178 cm³/mol. The smallest absolute Gasteiger partial charge is 0.323 e. The van der Waals surface area contributed by atoms with E-state index in [1.165, 1.54) is 20.0 Å². The van der Waals surface area contributed by atoms with E-state index in [1.807, 2.05) is 25.7 Å². The van der Waals surface area contributed by atoms with Crippen molar-refractivity contribution in [2.45, 2.75) is 64.9 Å². The number of anilines is 3. The summed E-state index contributed by atoms with van der Waals surface area (Å²) in [5.41, 5.74) is 3.01. The fourth-order valence-corrected chi connectivity index (χ4v) is 6.58. The van der Waals surface area contributed by atoms with Gasteiger partial charge in [-0.15, -0.1) is 0 Å². The molecule has 1 atom stereocenters. The van der Waals surface area contributed by atoms with Gasteiger partial charge in [0.15, 0.2) is 5.75 Å². The number of aliphatic hydroxyl groups is 1. The highest BCUT2D eigenvalue weighted by Crippen LogP contribution is 2.43. The molecule has 0 bridgehead atoms. The Balaban J connectivity index is 1.27. The van der Waals surface area contributed by atoms with Crippen LogP contribution in [0.5, 0.6) is 11.5 Å². The number of hydrogen-bond acceptors (Lipinski definition) is 8. The third-order valence-electron chi connectivity index (χ3n) is 8.86. The Morgan fingerprint density at radius 2 is 1.78 bits per heavy atom. The lowest BCUT2D eigenvalue weighted by atomic mass is 9.86. The molecule has 3 amide bonds. The molecule has 3 aliphatic rings. The van der Waals surface area contributed by atoms with Crippen LogP contribution in [0.1, 0.15) is 69.8 Å². The molecule has 5 rings (SSSR count). The number of ether oxygens (including phenoxy) is 2. The van der Waals surface area contributed by atoms with Gasteiger partial charge in [-0.05, 0) is 79.3 Å². The standard InChI is InChI=1S/C33H47N5O7S/c1-6-46(42,43)36-26-18-22(33(2,3)4)17-25(31(26)44-5)35-32(41)34-24-10-12-28(30-23(24)9-11-27(30)39)45-16-15-37-13-14-38(29(40)20-37)19-21-7-8-21/h10,12,17-18,21,27,36,39H,6-9,11,13-16,19-20H2,1-5H3,(H2,34,35,41). The molecule has 1 aliphatic heterocycles. The number of methoxy groups -OCH3 is 1. The lowest BCUT2D eigenvalue weighted by Crippen LogP contribution is -2.51. The fraction of sp³-hybridized carbons (Fsp3) is 0.576. The Kier molecular flexibility index (Phi) is 10.0. The number of piperazine rings is 1. The van der Waals surface area contributed by atoms with E-state index in [4.69, 9.17) is 9.47 Å². The van der Waals surface area contributed by atoms with Gasteiger partial charge in [-0.3, -0.25) is 14.4 Å². The topological polar surface area (TPSA) is 150 Å². The zero-order valence-electron chi connectivity index (χ0n) is 27.4. The predicted octanol–water partition coefficient (Wildman–Crippen LogP) is 4.31. The normalized spacial score (nSPS) is 18.7. The van der Waals surface area contributed by atoms with E-state index >= 15 is 0 Å². The van der Waals surface area contributed by atoms with Gasteiger partial charge < -0.3 is 30.1 Å². The molecule has 2 fully saturated rings. The molecule has 2 aromatic rings. The number of hydrogen-bond donors (Lipinski definition) is 4. The Labute approximate surface area is 271 Å². The third kappa shape index (κ3) is 8.05. The maximum absolute atomic E-state index is 13.3. The first kappa shape index (κ1) is 33.8. The molecule has 0 aromatic heterocycles. The number of sulfonamides is 1. The van der Waals surface area contributed by atoms with E-state index in [2.05, 4.69) is 20.3 Å². The highest BCUT2D eigenvalue weighted by atomic mass is 32.2. The molecule has 0 spiro atoms. The van der Waals surface area contributed by atoms with E-state index in [1.54, 1.807) is 31.2 Å². The largest absolute Gasteiger partial charge is 0.492 e. The zero-order chi connectivity index (χ0) is 33.2. The Morgan fingerprint density at radius 1 is 1.07 bits per heavy atom. The number of urea groups is 1. The third-order valence-corrected chi connectivity index (χ3v) is 10.1. The van der Waals surface area contributed by atoms with Crippen LogP contribution in [0.25, 0.3) is 0 Å². The summed E-state index contributed by atoms with van der Waals surface area (Å²) in [6, 6.07) is 6.45. The van der Waals surface area contributed by atoms with Gasteiger partial charge in [0, 0.05) is 37.4 Å². The molecule has 2 aromatic carbocycles. The minimum Gasteiger partial charge on any atom is -0.492 e. The number of fused-ring (bicyclic) bond motifs is 1. The number of benzene rings is 2. The van der Waals surface area contributed by atoms with Crippen LogP contribution in [0.2, 0.25) is 0 Å². The average Bonchev–Trinajstić information content (AvgIpc) is 3.73. The lowest BCUT2D eigenvalue weighted by molar-refractivity contribution is -0.136. The molecule has 12 nitrogen and oxygen atoms in total. The van der Waals surface area contributed by atoms with Gasteiger partial charge in [0.05, 0.1) is 36.9 Å². The highest BCUT2D eigenvalue weighted by molar-refractivity contribution is 7.92. The van der Waals surface area contributed by atoms with Crippen molar-refractivity contribution in [2.75, 3.05) is 67.5 Å². The molecule has 1 saturated heterocycles. The second kappa shape index (κ2) is 13.7. The average molecular weight is 658 g/mol. The van der Waals surface area contributed by atoms with E-state index in [9.17, 15) is 23.1 Å². The van der Waals surface area contributed by atoms with E-state index in [-0.39, 0.29) is 28.5 Å².